The fraction of sp³-hybridized carbons (Fsp3) is 0.333. The molecule has 2 aromatic rings. The van der Waals surface area contributed by atoms with Crippen LogP contribution in [0.4, 0.5) is 0 Å². The Bertz CT molecular complexity index is 655. The van der Waals surface area contributed by atoms with E-state index in [1.807, 2.05) is 31.3 Å². The molecular formula is C15H17BrN4O. The number of imidazole rings is 1. The number of hydrogen-bond donors (Lipinski definition) is 2. The van der Waals surface area contributed by atoms with Crippen LogP contribution in [0.15, 0.2) is 35.1 Å². The van der Waals surface area contributed by atoms with Crippen molar-refractivity contribution in [2.75, 3.05) is 7.05 Å². The lowest BCUT2D eigenvalue weighted by atomic mass is 10.0. The van der Waals surface area contributed by atoms with Crippen molar-refractivity contribution in [3.8, 4) is 0 Å². The van der Waals surface area contributed by atoms with Crippen molar-refractivity contribution in [1.29, 1.82) is 0 Å². The van der Waals surface area contributed by atoms with Crippen LogP contribution in [0.1, 0.15) is 17.0 Å². The third kappa shape index (κ3) is 3.16. The molecule has 0 fully saturated rings. The van der Waals surface area contributed by atoms with Gasteiger partial charge >= 0.3 is 0 Å². The summed E-state index contributed by atoms with van der Waals surface area (Å²) in [4.78, 5) is 21.7. The van der Waals surface area contributed by atoms with Crippen molar-refractivity contribution in [2.45, 2.75) is 25.6 Å². The van der Waals surface area contributed by atoms with E-state index in [9.17, 15) is 4.79 Å². The smallest absolute Gasteiger partial charge is 0.240 e. The van der Waals surface area contributed by atoms with E-state index in [-0.39, 0.29) is 11.9 Å². The number of halogens is 1. The van der Waals surface area contributed by atoms with Gasteiger partial charge in [0.05, 0.1) is 23.8 Å². The molecule has 1 aromatic carbocycles. The molecule has 1 aliphatic rings. The van der Waals surface area contributed by atoms with Crippen molar-refractivity contribution in [1.82, 2.24) is 20.2 Å². The minimum Gasteiger partial charge on any atom is -0.347 e. The van der Waals surface area contributed by atoms with E-state index in [1.165, 1.54) is 0 Å². The Morgan fingerprint density at radius 2 is 2.38 bits per heavy atom. The molecule has 2 heterocycles. The average molecular weight is 349 g/mol. The van der Waals surface area contributed by atoms with Gasteiger partial charge in [-0.3, -0.25) is 10.1 Å². The van der Waals surface area contributed by atoms with E-state index < -0.39 is 0 Å². The van der Waals surface area contributed by atoms with Crippen molar-refractivity contribution < 1.29 is 4.79 Å². The summed E-state index contributed by atoms with van der Waals surface area (Å²) < 4.78 is 1.03. The van der Waals surface area contributed by atoms with E-state index in [2.05, 4.69) is 31.2 Å². The minimum atomic E-state index is -0.196. The first-order valence-electron chi connectivity index (χ1n) is 6.87. The van der Waals surface area contributed by atoms with Crippen molar-refractivity contribution >= 4 is 21.8 Å². The van der Waals surface area contributed by atoms with Crippen LogP contribution < -0.4 is 5.32 Å². The molecule has 0 bridgehead atoms. The maximum Gasteiger partial charge on any atom is 0.240 e. The summed E-state index contributed by atoms with van der Waals surface area (Å²) in [5.74, 6) is 0.101. The fourth-order valence-electron chi connectivity index (χ4n) is 2.60. The molecule has 0 saturated heterocycles. The second kappa shape index (κ2) is 5.99. The summed E-state index contributed by atoms with van der Waals surface area (Å²) in [5, 5.41) is 3.27. The lowest BCUT2D eigenvalue weighted by Gasteiger charge is -2.27. The maximum atomic E-state index is 12.5. The number of H-pyrrole nitrogens is 1. The Labute approximate surface area is 131 Å². The number of fused-ring (bicyclic) bond motifs is 1. The molecule has 1 amide bonds. The van der Waals surface area contributed by atoms with Gasteiger partial charge in [-0.2, -0.15) is 0 Å². The Kier molecular flexibility index (Phi) is 4.07. The summed E-state index contributed by atoms with van der Waals surface area (Å²) >= 11 is 3.45. The van der Waals surface area contributed by atoms with Crippen LogP contribution in [0.25, 0.3) is 0 Å². The number of benzene rings is 1. The molecule has 2 N–H and O–H groups in total. The molecule has 5 nitrogen and oxygen atoms in total. The zero-order valence-electron chi connectivity index (χ0n) is 11.8. The van der Waals surface area contributed by atoms with E-state index in [0.29, 0.717) is 19.5 Å². The molecule has 1 unspecified atom stereocenters. The van der Waals surface area contributed by atoms with Gasteiger partial charge < -0.3 is 9.88 Å². The SMILES string of the molecule is CN(Cc1cccc(Br)c1)C(=O)C1Cc2nc[nH]c2CN1. The Hall–Kier alpha value is -1.66. The van der Waals surface area contributed by atoms with Crippen molar-refractivity contribution in [3.63, 3.8) is 0 Å². The molecule has 0 saturated carbocycles. The number of likely N-dealkylation sites (N-methyl/N-ethyl adjacent to an activating group) is 1. The monoisotopic (exact) mass is 348 g/mol. The first-order valence-corrected chi connectivity index (χ1v) is 7.66. The molecule has 1 aromatic heterocycles. The zero-order chi connectivity index (χ0) is 14.8. The molecule has 110 valence electrons. The summed E-state index contributed by atoms with van der Waals surface area (Å²) in [7, 11) is 1.84. The molecule has 0 aliphatic carbocycles. The Morgan fingerprint density at radius 3 is 3.19 bits per heavy atom. The number of carbonyl (C=O) groups is 1. The highest BCUT2D eigenvalue weighted by Gasteiger charge is 2.27. The molecule has 6 heteroatoms. The van der Waals surface area contributed by atoms with E-state index in [4.69, 9.17) is 0 Å². The third-order valence-electron chi connectivity index (χ3n) is 3.71. The summed E-state index contributed by atoms with van der Waals surface area (Å²) in [6, 6.07) is 7.82. The number of amides is 1. The molecule has 0 spiro atoms. The standard InChI is InChI=1S/C15H17BrN4O/c1-20(8-10-3-2-4-11(16)5-10)15(21)13-6-12-14(7-17-13)19-9-18-12/h2-5,9,13,17H,6-8H2,1H3,(H,18,19). The van der Waals surface area contributed by atoms with Gasteiger partial charge in [0.25, 0.3) is 0 Å². The first kappa shape index (κ1) is 14.3. The number of nitrogens with one attached hydrogen (secondary N) is 2. The highest BCUT2D eigenvalue weighted by Crippen LogP contribution is 2.16. The first-order chi connectivity index (χ1) is 10.1. The molecule has 1 aliphatic heterocycles. The number of aromatic amines is 1. The van der Waals surface area contributed by atoms with Gasteiger partial charge in [0, 0.05) is 31.0 Å². The normalized spacial score (nSPS) is 17.3. The summed E-state index contributed by atoms with van der Waals surface area (Å²) in [6.07, 6.45) is 2.32. The Balaban J connectivity index is 1.65. The summed E-state index contributed by atoms with van der Waals surface area (Å²) in [6.45, 7) is 1.26. The van der Waals surface area contributed by atoms with Crippen LogP contribution in [-0.4, -0.2) is 33.9 Å². The predicted octanol–water partition coefficient (Wildman–Crippen LogP) is 1.85. The van der Waals surface area contributed by atoms with Crippen LogP contribution in [0.5, 0.6) is 0 Å². The van der Waals surface area contributed by atoms with E-state index >= 15 is 0 Å². The van der Waals surface area contributed by atoms with E-state index in [0.717, 1.165) is 21.4 Å². The van der Waals surface area contributed by atoms with Gasteiger partial charge in [-0.25, -0.2) is 4.98 Å². The quantitative estimate of drug-likeness (QED) is 0.889. The molecule has 21 heavy (non-hydrogen) atoms. The molecule has 1 atom stereocenters. The van der Waals surface area contributed by atoms with Gasteiger partial charge in [-0.1, -0.05) is 28.1 Å². The Morgan fingerprint density at radius 1 is 1.52 bits per heavy atom. The highest BCUT2D eigenvalue weighted by atomic mass is 79.9. The molecule has 3 rings (SSSR count). The predicted molar refractivity (Wildman–Crippen MR) is 83.5 cm³/mol. The van der Waals surface area contributed by atoms with E-state index in [1.54, 1.807) is 11.2 Å². The van der Waals surface area contributed by atoms with Crippen LogP contribution >= 0.6 is 15.9 Å². The van der Waals surface area contributed by atoms with Gasteiger partial charge in [-0.15, -0.1) is 0 Å². The lowest BCUT2D eigenvalue weighted by Crippen LogP contribution is -2.48. The largest absolute Gasteiger partial charge is 0.347 e. The number of rotatable bonds is 3. The van der Waals surface area contributed by atoms with Gasteiger partial charge in [0.2, 0.25) is 5.91 Å². The van der Waals surface area contributed by atoms with Crippen molar-refractivity contribution in [3.05, 3.63) is 52.0 Å². The van der Waals surface area contributed by atoms with Crippen LogP contribution in [-0.2, 0) is 24.3 Å². The number of carbonyl (C=O) groups excluding carboxylic acids is 1. The number of hydrogen-bond acceptors (Lipinski definition) is 3. The number of nitrogens with zero attached hydrogens (tertiary/aromatic N) is 2. The van der Waals surface area contributed by atoms with Gasteiger partial charge in [0.15, 0.2) is 0 Å². The number of aromatic nitrogens is 2. The lowest BCUT2D eigenvalue weighted by molar-refractivity contribution is -0.132. The maximum absolute atomic E-state index is 12.5. The second-order valence-corrected chi connectivity index (χ2v) is 6.21. The third-order valence-corrected chi connectivity index (χ3v) is 4.21. The van der Waals surface area contributed by atoms with Crippen LogP contribution in [0.2, 0.25) is 0 Å². The second-order valence-electron chi connectivity index (χ2n) is 5.29. The molecule has 0 radical (unpaired) electrons. The van der Waals surface area contributed by atoms with Crippen LogP contribution in [0, 0.1) is 0 Å². The summed E-state index contributed by atoms with van der Waals surface area (Å²) in [5.41, 5.74) is 3.17. The average Bonchev–Trinajstić information content (AvgIpc) is 2.93. The fourth-order valence-corrected chi connectivity index (χ4v) is 3.04. The van der Waals surface area contributed by atoms with Gasteiger partial charge in [0.1, 0.15) is 0 Å². The topological polar surface area (TPSA) is 61.0 Å². The minimum absolute atomic E-state index is 0.101. The molecular weight excluding hydrogens is 332 g/mol. The zero-order valence-corrected chi connectivity index (χ0v) is 13.4. The van der Waals surface area contributed by atoms with Gasteiger partial charge in [-0.05, 0) is 17.7 Å². The van der Waals surface area contributed by atoms with Crippen molar-refractivity contribution in [2.24, 2.45) is 0 Å². The highest BCUT2D eigenvalue weighted by molar-refractivity contribution is 9.10. The van der Waals surface area contributed by atoms with Crippen LogP contribution in [0.3, 0.4) is 0 Å².